The minimum atomic E-state index is -0.519. The summed E-state index contributed by atoms with van der Waals surface area (Å²) >= 11 is 8.71. The number of hydrogen-bond donors (Lipinski definition) is 0. The van der Waals surface area contributed by atoms with Gasteiger partial charge in [0, 0.05) is 5.33 Å². The van der Waals surface area contributed by atoms with Gasteiger partial charge in [-0.05, 0) is 26.2 Å². The van der Waals surface area contributed by atoms with Crippen LogP contribution in [0.15, 0.2) is 0 Å². The highest BCUT2D eigenvalue weighted by molar-refractivity contribution is 9.09. The van der Waals surface area contributed by atoms with Gasteiger partial charge in [-0.2, -0.15) is 0 Å². The largest absolute Gasteiger partial charge is 0.465 e. The van der Waals surface area contributed by atoms with Crippen LogP contribution in [0.1, 0.15) is 40.5 Å². The fraction of sp³-hybridized carbons (Fsp3) is 0.909. The fourth-order valence-corrected chi connectivity index (χ4v) is 1.13. The normalized spacial score (nSPS) is 11.7. The molecule has 0 aromatic heterocycles. The molecule has 2 nitrogen and oxygen atoms in total. The SMILES string of the molecule is CC(C)CCCBr.CCOC(=O)C(C)Cl. The maximum Gasteiger partial charge on any atom is 0.323 e. The van der Waals surface area contributed by atoms with Gasteiger partial charge in [0.15, 0.2) is 0 Å². The zero-order valence-corrected chi connectivity index (χ0v) is 12.4. The average molecular weight is 302 g/mol. The predicted molar refractivity (Wildman–Crippen MR) is 69.8 cm³/mol. The molecule has 0 bridgehead atoms. The smallest absolute Gasteiger partial charge is 0.323 e. The Morgan fingerprint density at radius 1 is 1.40 bits per heavy atom. The van der Waals surface area contributed by atoms with Gasteiger partial charge >= 0.3 is 5.97 Å². The van der Waals surface area contributed by atoms with Crippen molar-refractivity contribution in [3.05, 3.63) is 0 Å². The second-order valence-corrected chi connectivity index (χ2v) is 5.04. The first-order valence-electron chi connectivity index (χ1n) is 5.32. The Balaban J connectivity index is 0. The van der Waals surface area contributed by atoms with Crippen LogP contribution in [0.25, 0.3) is 0 Å². The molecular formula is C11H22BrClO2. The number of carbonyl (C=O) groups excluding carboxylic acids is 1. The van der Waals surface area contributed by atoms with Crippen molar-refractivity contribution in [1.82, 2.24) is 0 Å². The summed E-state index contributed by atoms with van der Waals surface area (Å²) in [5.41, 5.74) is 0. The van der Waals surface area contributed by atoms with E-state index in [0.29, 0.717) is 6.61 Å². The van der Waals surface area contributed by atoms with E-state index >= 15 is 0 Å². The number of alkyl halides is 2. The second kappa shape index (κ2) is 12.3. The van der Waals surface area contributed by atoms with Crippen molar-refractivity contribution in [1.29, 1.82) is 0 Å². The van der Waals surface area contributed by atoms with Gasteiger partial charge in [0.25, 0.3) is 0 Å². The van der Waals surface area contributed by atoms with Crippen molar-refractivity contribution in [3.8, 4) is 0 Å². The van der Waals surface area contributed by atoms with Crippen LogP contribution >= 0.6 is 27.5 Å². The summed E-state index contributed by atoms with van der Waals surface area (Å²) in [6.45, 7) is 8.23. The topological polar surface area (TPSA) is 26.3 Å². The Hall–Kier alpha value is 0.240. The second-order valence-electron chi connectivity index (χ2n) is 3.59. The van der Waals surface area contributed by atoms with Crippen molar-refractivity contribution >= 4 is 33.5 Å². The third kappa shape index (κ3) is 16.9. The Bertz CT molecular complexity index is 150. The lowest BCUT2D eigenvalue weighted by molar-refractivity contribution is -0.142. The number of halogens is 2. The lowest BCUT2D eigenvalue weighted by atomic mass is 10.1. The molecule has 0 aromatic carbocycles. The Labute approximate surface area is 107 Å². The zero-order valence-electron chi connectivity index (χ0n) is 10.1. The first kappa shape index (κ1) is 17.6. The summed E-state index contributed by atoms with van der Waals surface area (Å²) in [7, 11) is 0. The molecule has 0 N–H and O–H groups in total. The quantitative estimate of drug-likeness (QED) is 0.567. The fourth-order valence-electron chi connectivity index (χ4n) is 0.742. The zero-order chi connectivity index (χ0) is 12.3. The lowest BCUT2D eigenvalue weighted by Gasteiger charge is -2.00. The summed E-state index contributed by atoms with van der Waals surface area (Å²) in [5, 5.41) is 0.639. The molecule has 4 heteroatoms. The Morgan fingerprint density at radius 2 is 1.93 bits per heavy atom. The highest BCUT2D eigenvalue weighted by atomic mass is 79.9. The molecule has 0 radical (unpaired) electrons. The van der Waals surface area contributed by atoms with Crippen LogP contribution in [0.2, 0.25) is 0 Å². The monoisotopic (exact) mass is 300 g/mol. The van der Waals surface area contributed by atoms with Crippen molar-refractivity contribution in [2.75, 3.05) is 11.9 Å². The average Bonchev–Trinajstić information content (AvgIpc) is 2.16. The van der Waals surface area contributed by atoms with Gasteiger partial charge in [-0.25, -0.2) is 0 Å². The van der Waals surface area contributed by atoms with Crippen molar-refractivity contribution in [2.45, 2.75) is 45.9 Å². The first-order chi connectivity index (χ1) is 6.95. The molecule has 0 aromatic rings. The molecule has 15 heavy (non-hydrogen) atoms. The van der Waals surface area contributed by atoms with Crippen LogP contribution < -0.4 is 0 Å². The highest BCUT2D eigenvalue weighted by Gasteiger charge is 2.07. The molecule has 0 aliphatic carbocycles. The van der Waals surface area contributed by atoms with E-state index in [-0.39, 0.29) is 5.97 Å². The van der Waals surface area contributed by atoms with Crippen LogP contribution in [0.3, 0.4) is 0 Å². The van der Waals surface area contributed by atoms with Crippen molar-refractivity contribution in [2.24, 2.45) is 5.92 Å². The van der Waals surface area contributed by atoms with Crippen LogP contribution in [0.5, 0.6) is 0 Å². The maximum atomic E-state index is 10.4. The standard InChI is InChI=1S/C6H13Br.C5H9ClO2/c1-6(2)4-3-5-7;1-3-8-5(7)4(2)6/h6H,3-5H2,1-2H3;4H,3H2,1-2H3. The summed E-state index contributed by atoms with van der Waals surface area (Å²) in [4.78, 5) is 10.4. The molecule has 0 amide bonds. The molecule has 0 fully saturated rings. The summed E-state index contributed by atoms with van der Waals surface area (Å²) < 4.78 is 4.53. The van der Waals surface area contributed by atoms with E-state index in [1.807, 2.05) is 0 Å². The van der Waals surface area contributed by atoms with E-state index in [4.69, 9.17) is 11.6 Å². The van der Waals surface area contributed by atoms with Gasteiger partial charge < -0.3 is 4.74 Å². The number of rotatable bonds is 5. The third-order valence-electron chi connectivity index (χ3n) is 1.53. The molecule has 0 aliphatic heterocycles. The van der Waals surface area contributed by atoms with Crippen LogP contribution in [-0.2, 0) is 9.53 Å². The Kier molecular flexibility index (Phi) is 14.5. The molecule has 0 aliphatic rings. The minimum absolute atomic E-state index is 0.353. The molecule has 92 valence electrons. The summed E-state index contributed by atoms with van der Waals surface area (Å²) in [5.74, 6) is 0.520. The predicted octanol–water partition coefficient (Wildman–Crippen LogP) is 3.99. The van der Waals surface area contributed by atoms with Gasteiger partial charge in [-0.15, -0.1) is 11.6 Å². The van der Waals surface area contributed by atoms with Crippen LogP contribution in [0, 0.1) is 5.92 Å². The molecule has 1 atom stereocenters. The van der Waals surface area contributed by atoms with Crippen LogP contribution in [-0.4, -0.2) is 23.3 Å². The van der Waals surface area contributed by atoms with E-state index < -0.39 is 5.38 Å². The molecule has 0 spiro atoms. The van der Waals surface area contributed by atoms with Crippen LogP contribution in [0.4, 0.5) is 0 Å². The van der Waals surface area contributed by atoms with E-state index in [0.717, 1.165) is 11.2 Å². The lowest BCUT2D eigenvalue weighted by Crippen LogP contribution is -2.13. The molecule has 1 unspecified atom stereocenters. The first-order valence-corrected chi connectivity index (χ1v) is 6.88. The van der Waals surface area contributed by atoms with Crippen molar-refractivity contribution < 1.29 is 9.53 Å². The third-order valence-corrected chi connectivity index (χ3v) is 2.27. The summed E-state index contributed by atoms with van der Waals surface area (Å²) in [6.07, 6.45) is 2.67. The van der Waals surface area contributed by atoms with Gasteiger partial charge in [0.2, 0.25) is 0 Å². The number of esters is 1. The maximum absolute atomic E-state index is 10.4. The molecule has 0 rings (SSSR count). The number of ether oxygens (including phenoxy) is 1. The van der Waals surface area contributed by atoms with E-state index in [9.17, 15) is 4.79 Å². The number of carbonyl (C=O) groups is 1. The van der Waals surface area contributed by atoms with E-state index in [1.54, 1.807) is 13.8 Å². The molecule has 0 saturated heterocycles. The highest BCUT2D eigenvalue weighted by Crippen LogP contribution is 2.03. The molecule has 0 heterocycles. The molecule has 0 saturated carbocycles. The van der Waals surface area contributed by atoms with Gasteiger partial charge in [-0.3, -0.25) is 4.79 Å². The molecular weight excluding hydrogens is 279 g/mol. The van der Waals surface area contributed by atoms with E-state index in [1.165, 1.54) is 12.8 Å². The van der Waals surface area contributed by atoms with Gasteiger partial charge in [0.05, 0.1) is 6.61 Å². The number of hydrogen-bond acceptors (Lipinski definition) is 2. The van der Waals surface area contributed by atoms with E-state index in [2.05, 4.69) is 34.5 Å². The minimum Gasteiger partial charge on any atom is -0.465 e. The van der Waals surface area contributed by atoms with Gasteiger partial charge in [0.1, 0.15) is 5.38 Å². The Morgan fingerprint density at radius 3 is 2.07 bits per heavy atom. The van der Waals surface area contributed by atoms with Gasteiger partial charge in [-0.1, -0.05) is 36.2 Å². The van der Waals surface area contributed by atoms with Crippen molar-refractivity contribution in [3.63, 3.8) is 0 Å². The summed E-state index contributed by atoms with van der Waals surface area (Å²) in [6, 6.07) is 0.